The van der Waals surface area contributed by atoms with Crippen LogP contribution in [0.25, 0.3) is 0 Å². The third-order valence-corrected chi connectivity index (χ3v) is 0.179. The topological polar surface area (TPSA) is 88.2 Å². The summed E-state index contributed by atoms with van der Waals surface area (Å²) in [6.07, 6.45) is 1.41. The number of rotatable bonds is 0. The Morgan fingerprint density at radius 2 is 2.00 bits per heavy atom. The predicted molar refractivity (Wildman–Crippen MR) is 27.3 cm³/mol. The first-order chi connectivity index (χ1) is 3.77. The Labute approximate surface area is 64.5 Å². The molecular formula is C3H7HgN4. The van der Waals surface area contributed by atoms with Gasteiger partial charge in [-0.1, -0.05) is 0 Å². The van der Waals surface area contributed by atoms with E-state index in [0.29, 0.717) is 0 Å². The quantitative estimate of drug-likeness (QED) is 0.269. The molecular weight excluding hydrogens is 293 g/mol. The molecule has 0 radical (unpaired) electrons. The molecule has 0 aromatic carbocycles. The molecule has 0 aliphatic carbocycles. The minimum absolute atomic E-state index is 0.197. The molecule has 41 valence electrons. The number of guanidine groups is 1. The van der Waals surface area contributed by atoms with Crippen LogP contribution in [-0.2, 0) is 26.1 Å². The first-order valence-corrected chi connectivity index (χ1v) is 7.45. The molecule has 0 aromatic rings. The third kappa shape index (κ3) is 17.3. The molecule has 0 heterocycles. The van der Waals surface area contributed by atoms with E-state index in [-0.39, 0.29) is 5.96 Å². The number of hydrogen-bond donors (Lipinski definition) is 2. The van der Waals surface area contributed by atoms with Crippen LogP contribution in [0, 0.1) is 11.5 Å². The van der Waals surface area contributed by atoms with Gasteiger partial charge in [-0.15, -0.1) is 4.99 Å². The van der Waals surface area contributed by atoms with Gasteiger partial charge < -0.3 is 11.5 Å². The van der Waals surface area contributed by atoms with Crippen LogP contribution in [0.1, 0.15) is 0 Å². The van der Waals surface area contributed by atoms with Gasteiger partial charge in [0, 0.05) is 0 Å². The molecule has 0 unspecified atom stereocenters. The summed E-state index contributed by atoms with van der Waals surface area (Å²) in [5.41, 5.74) is 9.42. The fraction of sp³-hybridized carbons (Fsp3) is 0.333. The number of nitrogens with two attached hydrogens (primary N) is 2. The summed E-state index contributed by atoms with van der Waals surface area (Å²) in [6.45, 7) is 0. The SMILES string of the molecule is N#CN=C(N)N.[CH3][Hg]. The Balaban J connectivity index is 0. The number of hydrogen-bond acceptors (Lipinski definition) is 2. The fourth-order valence-corrected chi connectivity index (χ4v) is 0.0577. The van der Waals surface area contributed by atoms with Crippen molar-refractivity contribution in [2.45, 2.75) is 4.43 Å². The molecule has 5 heteroatoms. The molecule has 0 bridgehead atoms. The van der Waals surface area contributed by atoms with Crippen LogP contribution in [0.5, 0.6) is 0 Å². The Kier molecular flexibility index (Phi) is 13.1. The van der Waals surface area contributed by atoms with E-state index in [4.69, 9.17) is 16.7 Å². The van der Waals surface area contributed by atoms with Gasteiger partial charge >= 0.3 is 30.6 Å². The maximum atomic E-state index is 7.64. The van der Waals surface area contributed by atoms with Gasteiger partial charge in [0.15, 0.2) is 0 Å². The van der Waals surface area contributed by atoms with E-state index in [1.54, 1.807) is 0 Å². The van der Waals surface area contributed by atoms with Gasteiger partial charge in [0.25, 0.3) is 0 Å². The Hall–Kier alpha value is -0.305. The number of nitrogens with zero attached hydrogens (tertiary/aromatic N) is 2. The molecule has 4 N–H and O–H groups in total. The average molecular weight is 300 g/mol. The zero-order valence-corrected chi connectivity index (χ0v) is 10.3. The van der Waals surface area contributed by atoms with Crippen LogP contribution < -0.4 is 11.5 Å². The number of aliphatic imine (C=N–C) groups is 1. The molecule has 4 nitrogen and oxygen atoms in total. The second kappa shape index (κ2) is 9.85. The molecule has 0 rings (SSSR count). The van der Waals surface area contributed by atoms with Crippen LogP contribution in [0.4, 0.5) is 0 Å². The molecule has 0 aliphatic rings. The van der Waals surface area contributed by atoms with Gasteiger partial charge in [-0.25, -0.2) is 0 Å². The number of nitriles is 1. The Bertz CT molecular complexity index is 98.3. The van der Waals surface area contributed by atoms with Crippen molar-refractivity contribution < 1.29 is 26.1 Å². The average Bonchev–Trinajstić information content (AvgIpc) is 1.72. The van der Waals surface area contributed by atoms with Gasteiger partial charge in [-0.3, -0.25) is 0 Å². The fourth-order valence-electron chi connectivity index (χ4n) is 0.0577. The molecule has 0 aromatic heterocycles. The van der Waals surface area contributed by atoms with Crippen LogP contribution >= 0.6 is 0 Å². The van der Waals surface area contributed by atoms with Crippen molar-refractivity contribution >= 4 is 5.96 Å². The second-order valence-electron chi connectivity index (χ2n) is 0.637. The molecule has 0 amide bonds. The summed E-state index contributed by atoms with van der Waals surface area (Å²) in [4.78, 5) is 2.90. The van der Waals surface area contributed by atoms with Crippen LogP contribution in [-0.4, -0.2) is 5.96 Å². The van der Waals surface area contributed by atoms with E-state index >= 15 is 0 Å². The van der Waals surface area contributed by atoms with Crippen LogP contribution in [0.2, 0.25) is 4.43 Å². The van der Waals surface area contributed by atoms with Gasteiger partial charge in [0.2, 0.25) is 12.2 Å². The normalized spacial score (nSPS) is 5.25. The van der Waals surface area contributed by atoms with E-state index in [1.165, 1.54) is 6.19 Å². The molecule has 0 aliphatic heterocycles. The van der Waals surface area contributed by atoms with Crippen molar-refractivity contribution in [3.8, 4) is 6.19 Å². The van der Waals surface area contributed by atoms with Crippen LogP contribution in [0.3, 0.4) is 0 Å². The third-order valence-electron chi connectivity index (χ3n) is 0.179. The van der Waals surface area contributed by atoms with Crippen molar-refractivity contribution in [1.82, 2.24) is 0 Å². The summed E-state index contributed by atoms with van der Waals surface area (Å²) < 4.78 is 2.19. The molecule has 0 saturated heterocycles. The molecule has 0 spiro atoms. The van der Waals surface area contributed by atoms with Crippen molar-refractivity contribution in [3.63, 3.8) is 0 Å². The standard InChI is InChI=1S/C2H4N4.CH3.Hg/c3-1-6-2(4)5;;/h(H4,4,5,6);1H3;. The second-order valence-corrected chi connectivity index (χ2v) is 0.637. The van der Waals surface area contributed by atoms with Gasteiger partial charge in [-0.05, 0) is 0 Å². The van der Waals surface area contributed by atoms with Crippen molar-refractivity contribution in [2.75, 3.05) is 0 Å². The van der Waals surface area contributed by atoms with E-state index in [2.05, 4.69) is 9.42 Å². The monoisotopic (exact) mass is 301 g/mol. The molecule has 0 saturated carbocycles. The zero-order valence-electron chi connectivity index (χ0n) is 4.76. The van der Waals surface area contributed by atoms with Crippen molar-refractivity contribution in [2.24, 2.45) is 16.5 Å². The summed E-state index contributed by atoms with van der Waals surface area (Å²) in [5, 5.41) is 7.64. The van der Waals surface area contributed by atoms with E-state index in [0.717, 1.165) is 26.1 Å². The molecule has 0 fully saturated rings. The maximum absolute atomic E-state index is 7.64. The van der Waals surface area contributed by atoms with E-state index < -0.39 is 0 Å². The van der Waals surface area contributed by atoms with Crippen LogP contribution in [0.15, 0.2) is 4.99 Å². The summed E-state index contributed by atoms with van der Waals surface area (Å²) in [6, 6.07) is 0. The predicted octanol–water partition coefficient (Wildman–Crippen LogP) is -0.678. The Morgan fingerprint density at radius 1 is 1.62 bits per heavy atom. The Morgan fingerprint density at radius 3 is 2.00 bits per heavy atom. The first kappa shape index (κ1) is 10.6. The minimum atomic E-state index is -0.197. The van der Waals surface area contributed by atoms with Gasteiger partial charge in [-0.2, -0.15) is 5.26 Å². The summed E-state index contributed by atoms with van der Waals surface area (Å²) in [7, 11) is 0. The van der Waals surface area contributed by atoms with Crippen molar-refractivity contribution in [1.29, 1.82) is 5.26 Å². The summed E-state index contributed by atoms with van der Waals surface area (Å²) in [5.74, 6) is -0.197. The first-order valence-electron chi connectivity index (χ1n) is 1.96. The molecule has 0 atom stereocenters. The van der Waals surface area contributed by atoms with Gasteiger partial charge in [0.1, 0.15) is 0 Å². The molecule has 8 heavy (non-hydrogen) atoms. The summed E-state index contributed by atoms with van der Waals surface area (Å²) >= 11 is 1.03. The zero-order chi connectivity index (χ0) is 6.99. The van der Waals surface area contributed by atoms with E-state index in [9.17, 15) is 0 Å². The van der Waals surface area contributed by atoms with Crippen molar-refractivity contribution in [3.05, 3.63) is 0 Å². The van der Waals surface area contributed by atoms with E-state index in [1.807, 2.05) is 0 Å². The van der Waals surface area contributed by atoms with Gasteiger partial charge in [0.05, 0.1) is 0 Å².